The minimum Gasteiger partial charge on any atom is -0.473 e. The fourth-order valence-electron chi connectivity index (χ4n) is 3.36. The quantitative estimate of drug-likeness (QED) is 0.323. The molecule has 3 aromatic carbocycles. The van der Waals surface area contributed by atoms with Gasteiger partial charge in [0.15, 0.2) is 0 Å². The molecular formula is C27H22N4O2. The third-order valence-corrected chi connectivity index (χ3v) is 5.07. The van der Waals surface area contributed by atoms with Crippen molar-refractivity contribution in [3.8, 4) is 28.7 Å². The highest BCUT2D eigenvalue weighted by molar-refractivity contribution is 5.65. The Morgan fingerprint density at radius 2 is 1.24 bits per heavy atom. The molecule has 5 aromatic rings. The van der Waals surface area contributed by atoms with Crippen molar-refractivity contribution in [2.45, 2.75) is 13.2 Å². The van der Waals surface area contributed by atoms with Crippen molar-refractivity contribution in [3.05, 3.63) is 120 Å². The van der Waals surface area contributed by atoms with Crippen LogP contribution in [0.5, 0.6) is 11.8 Å². The van der Waals surface area contributed by atoms with E-state index in [1.54, 1.807) is 4.68 Å². The summed E-state index contributed by atoms with van der Waals surface area (Å²) >= 11 is 0. The molecule has 0 unspecified atom stereocenters. The van der Waals surface area contributed by atoms with E-state index < -0.39 is 0 Å². The van der Waals surface area contributed by atoms with Crippen molar-refractivity contribution in [2.24, 2.45) is 0 Å². The zero-order valence-electron chi connectivity index (χ0n) is 17.9. The molecule has 0 fully saturated rings. The van der Waals surface area contributed by atoms with Crippen LogP contribution in [0.4, 0.5) is 0 Å². The van der Waals surface area contributed by atoms with Gasteiger partial charge in [-0.3, -0.25) is 0 Å². The number of hydrogen-bond donors (Lipinski definition) is 0. The highest BCUT2D eigenvalue weighted by Crippen LogP contribution is 2.30. The molecule has 162 valence electrons. The van der Waals surface area contributed by atoms with Crippen molar-refractivity contribution in [1.29, 1.82) is 0 Å². The Morgan fingerprint density at radius 3 is 1.91 bits per heavy atom. The maximum Gasteiger partial charge on any atom is 0.226 e. The predicted molar refractivity (Wildman–Crippen MR) is 126 cm³/mol. The van der Waals surface area contributed by atoms with Crippen molar-refractivity contribution in [3.63, 3.8) is 0 Å². The van der Waals surface area contributed by atoms with E-state index in [1.807, 2.05) is 109 Å². The Morgan fingerprint density at radius 1 is 0.636 bits per heavy atom. The van der Waals surface area contributed by atoms with Crippen LogP contribution >= 0.6 is 0 Å². The van der Waals surface area contributed by atoms with Gasteiger partial charge in [0.05, 0.1) is 17.4 Å². The molecule has 0 radical (unpaired) electrons. The van der Waals surface area contributed by atoms with Crippen LogP contribution in [-0.4, -0.2) is 20.0 Å². The van der Waals surface area contributed by atoms with Gasteiger partial charge in [-0.05, 0) is 29.3 Å². The average Bonchev–Trinajstić information content (AvgIpc) is 3.38. The highest BCUT2D eigenvalue weighted by Gasteiger charge is 2.15. The van der Waals surface area contributed by atoms with Crippen molar-refractivity contribution < 1.29 is 9.47 Å². The number of benzene rings is 3. The lowest BCUT2D eigenvalue weighted by atomic mass is 10.2. The SMILES string of the molecule is c1ccc(COc2ccc(-c3cn(-c4ccccc4)nn3)c(OCc3ccccc3)n2)cc1. The molecule has 0 N–H and O–H groups in total. The third kappa shape index (κ3) is 5.07. The van der Waals surface area contributed by atoms with Gasteiger partial charge in [0.25, 0.3) is 0 Å². The van der Waals surface area contributed by atoms with E-state index in [9.17, 15) is 0 Å². The summed E-state index contributed by atoms with van der Waals surface area (Å²) in [5.41, 5.74) is 4.47. The van der Waals surface area contributed by atoms with Gasteiger partial charge in [0.2, 0.25) is 11.8 Å². The first kappa shape index (κ1) is 20.5. The van der Waals surface area contributed by atoms with Gasteiger partial charge in [0.1, 0.15) is 18.9 Å². The monoisotopic (exact) mass is 434 g/mol. The normalized spacial score (nSPS) is 10.7. The average molecular weight is 434 g/mol. The second-order valence-electron chi connectivity index (χ2n) is 7.43. The number of ether oxygens (including phenoxy) is 2. The van der Waals surface area contributed by atoms with Crippen LogP contribution in [0, 0.1) is 0 Å². The number of nitrogens with zero attached hydrogens (tertiary/aromatic N) is 4. The number of rotatable bonds is 8. The predicted octanol–water partition coefficient (Wildman–Crippen LogP) is 5.49. The molecule has 0 bridgehead atoms. The molecule has 0 aliphatic carbocycles. The first-order chi connectivity index (χ1) is 16.3. The summed E-state index contributed by atoms with van der Waals surface area (Å²) in [7, 11) is 0. The van der Waals surface area contributed by atoms with Crippen LogP contribution in [-0.2, 0) is 13.2 Å². The van der Waals surface area contributed by atoms with E-state index in [-0.39, 0.29) is 0 Å². The summed E-state index contributed by atoms with van der Waals surface area (Å²) in [6.45, 7) is 0.811. The van der Waals surface area contributed by atoms with E-state index in [1.165, 1.54) is 0 Å². The molecule has 6 heteroatoms. The highest BCUT2D eigenvalue weighted by atomic mass is 16.5. The van der Waals surface area contributed by atoms with Gasteiger partial charge in [-0.15, -0.1) is 5.10 Å². The maximum absolute atomic E-state index is 6.12. The van der Waals surface area contributed by atoms with Gasteiger partial charge in [0, 0.05) is 6.07 Å². The van der Waals surface area contributed by atoms with E-state index >= 15 is 0 Å². The Labute approximate surface area is 192 Å². The van der Waals surface area contributed by atoms with Gasteiger partial charge >= 0.3 is 0 Å². The largest absolute Gasteiger partial charge is 0.473 e. The standard InChI is InChI=1S/C27H22N4O2/c1-4-10-21(11-5-1)19-32-26-17-16-24(27(28-26)33-20-22-12-6-2-7-13-22)25-18-31(30-29-25)23-14-8-3-9-15-23/h1-18H,19-20H2. The summed E-state index contributed by atoms with van der Waals surface area (Å²) in [6, 6.07) is 33.5. The van der Waals surface area contributed by atoms with Crippen LogP contribution in [0.3, 0.4) is 0 Å². The summed E-state index contributed by atoms with van der Waals surface area (Å²) in [6.07, 6.45) is 1.87. The number of pyridine rings is 1. The lowest BCUT2D eigenvalue weighted by Gasteiger charge is -2.12. The summed E-state index contributed by atoms with van der Waals surface area (Å²) in [4.78, 5) is 4.64. The van der Waals surface area contributed by atoms with Crippen LogP contribution in [0.2, 0.25) is 0 Å². The number of aromatic nitrogens is 4. The van der Waals surface area contributed by atoms with Gasteiger partial charge in [-0.2, -0.15) is 4.98 Å². The zero-order valence-corrected chi connectivity index (χ0v) is 17.9. The molecule has 0 aliphatic rings. The van der Waals surface area contributed by atoms with Gasteiger partial charge < -0.3 is 9.47 Å². The molecule has 0 atom stereocenters. The van der Waals surface area contributed by atoms with Crippen LogP contribution in [0.1, 0.15) is 11.1 Å². The van der Waals surface area contributed by atoms with E-state index in [4.69, 9.17) is 9.47 Å². The summed E-state index contributed by atoms with van der Waals surface area (Å²) < 4.78 is 13.8. The summed E-state index contributed by atoms with van der Waals surface area (Å²) in [5, 5.41) is 8.63. The molecule has 0 aliphatic heterocycles. The maximum atomic E-state index is 6.12. The Kier molecular flexibility index (Phi) is 6.06. The molecule has 0 amide bonds. The van der Waals surface area contributed by atoms with Gasteiger partial charge in [-0.1, -0.05) is 84.1 Å². The van der Waals surface area contributed by atoms with Crippen LogP contribution in [0.15, 0.2) is 109 Å². The van der Waals surface area contributed by atoms with Crippen LogP contribution in [0.25, 0.3) is 16.9 Å². The van der Waals surface area contributed by atoms with Crippen molar-refractivity contribution in [2.75, 3.05) is 0 Å². The topological polar surface area (TPSA) is 62.1 Å². The Balaban J connectivity index is 1.42. The first-order valence-corrected chi connectivity index (χ1v) is 10.7. The zero-order chi connectivity index (χ0) is 22.3. The molecule has 0 spiro atoms. The second-order valence-corrected chi connectivity index (χ2v) is 7.43. The third-order valence-electron chi connectivity index (χ3n) is 5.07. The lowest BCUT2D eigenvalue weighted by molar-refractivity contribution is 0.268. The first-order valence-electron chi connectivity index (χ1n) is 10.7. The molecule has 6 nitrogen and oxygen atoms in total. The Hall–Kier alpha value is -4.45. The van der Waals surface area contributed by atoms with Crippen molar-refractivity contribution >= 4 is 0 Å². The lowest BCUT2D eigenvalue weighted by Crippen LogP contribution is -2.02. The second kappa shape index (κ2) is 9.78. The molecular weight excluding hydrogens is 412 g/mol. The number of para-hydroxylation sites is 1. The van der Waals surface area contributed by atoms with Crippen LogP contribution < -0.4 is 9.47 Å². The Bertz CT molecular complexity index is 1310. The summed E-state index contributed by atoms with van der Waals surface area (Å²) in [5.74, 6) is 0.936. The molecule has 0 saturated carbocycles. The minimum absolute atomic E-state index is 0.385. The van der Waals surface area contributed by atoms with Crippen molar-refractivity contribution in [1.82, 2.24) is 20.0 Å². The van der Waals surface area contributed by atoms with E-state index in [2.05, 4.69) is 15.3 Å². The molecule has 33 heavy (non-hydrogen) atoms. The molecule has 2 aromatic heterocycles. The fourth-order valence-corrected chi connectivity index (χ4v) is 3.36. The molecule has 0 saturated heterocycles. The minimum atomic E-state index is 0.385. The van der Waals surface area contributed by atoms with E-state index in [0.717, 1.165) is 22.4 Å². The molecule has 2 heterocycles. The van der Waals surface area contributed by atoms with Gasteiger partial charge in [-0.25, -0.2) is 4.68 Å². The number of hydrogen-bond acceptors (Lipinski definition) is 5. The van der Waals surface area contributed by atoms with E-state index in [0.29, 0.717) is 30.7 Å². The molecule has 5 rings (SSSR count). The fraction of sp³-hybridized carbons (Fsp3) is 0.0741. The smallest absolute Gasteiger partial charge is 0.226 e.